The van der Waals surface area contributed by atoms with Gasteiger partial charge >= 0.3 is 6.03 Å². The SMILES string of the molecule is Cc1nc(NC(=O)NC(=O)c2ccccc2Cl)ccc1-c1ccccc1. The topological polar surface area (TPSA) is 71.1 Å². The van der Waals surface area contributed by atoms with E-state index in [0.717, 1.165) is 16.8 Å². The Morgan fingerprint density at radius 2 is 1.62 bits per heavy atom. The zero-order valence-corrected chi connectivity index (χ0v) is 14.7. The van der Waals surface area contributed by atoms with Gasteiger partial charge in [0.05, 0.1) is 10.6 Å². The molecule has 3 aromatic rings. The van der Waals surface area contributed by atoms with Crippen LogP contribution in [0, 0.1) is 6.92 Å². The Bertz CT molecular complexity index is 958. The van der Waals surface area contributed by atoms with Crippen LogP contribution < -0.4 is 10.6 Å². The summed E-state index contributed by atoms with van der Waals surface area (Å²) in [4.78, 5) is 28.5. The monoisotopic (exact) mass is 365 g/mol. The number of urea groups is 1. The molecule has 0 aliphatic rings. The average molecular weight is 366 g/mol. The number of anilines is 1. The molecule has 26 heavy (non-hydrogen) atoms. The van der Waals surface area contributed by atoms with E-state index < -0.39 is 11.9 Å². The molecule has 0 spiro atoms. The molecule has 0 radical (unpaired) electrons. The highest BCUT2D eigenvalue weighted by Crippen LogP contribution is 2.23. The molecule has 0 bridgehead atoms. The maximum Gasteiger partial charge on any atom is 0.327 e. The first-order valence-corrected chi connectivity index (χ1v) is 8.32. The number of benzene rings is 2. The summed E-state index contributed by atoms with van der Waals surface area (Å²) in [6.45, 7) is 1.86. The summed E-state index contributed by atoms with van der Waals surface area (Å²) >= 11 is 5.95. The number of nitrogens with zero attached hydrogens (tertiary/aromatic N) is 1. The maximum absolute atomic E-state index is 12.1. The number of halogens is 1. The summed E-state index contributed by atoms with van der Waals surface area (Å²) < 4.78 is 0. The van der Waals surface area contributed by atoms with Crippen molar-refractivity contribution in [2.75, 3.05) is 5.32 Å². The number of hydrogen-bond donors (Lipinski definition) is 2. The Morgan fingerprint density at radius 3 is 2.31 bits per heavy atom. The van der Waals surface area contributed by atoms with Crippen molar-refractivity contribution in [3.8, 4) is 11.1 Å². The van der Waals surface area contributed by atoms with Gasteiger partial charge in [0.25, 0.3) is 5.91 Å². The van der Waals surface area contributed by atoms with Crippen molar-refractivity contribution < 1.29 is 9.59 Å². The van der Waals surface area contributed by atoms with Crippen LogP contribution in [0.5, 0.6) is 0 Å². The summed E-state index contributed by atoms with van der Waals surface area (Å²) in [5.41, 5.74) is 3.02. The van der Waals surface area contributed by atoms with Crippen LogP contribution in [0.1, 0.15) is 16.1 Å². The Labute approximate surface area is 156 Å². The van der Waals surface area contributed by atoms with Crippen LogP contribution in [0.25, 0.3) is 11.1 Å². The minimum absolute atomic E-state index is 0.230. The van der Waals surface area contributed by atoms with Gasteiger partial charge in [-0.3, -0.25) is 15.4 Å². The molecule has 1 aromatic heterocycles. The van der Waals surface area contributed by atoms with E-state index in [4.69, 9.17) is 11.6 Å². The van der Waals surface area contributed by atoms with Crippen molar-refractivity contribution in [3.05, 3.63) is 83.0 Å². The molecule has 2 N–H and O–H groups in total. The number of hydrogen-bond acceptors (Lipinski definition) is 3. The Kier molecular flexibility index (Phi) is 5.29. The second-order valence-corrected chi connectivity index (χ2v) is 5.99. The predicted molar refractivity (Wildman–Crippen MR) is 102 cm³/mol. The third-order valence-electron chi connectivity index (χ3n) is 3.76. The summed E-state index contributed by atoms with van der Waals surface area (Å²) in [6.07, 6.45) is 0. The average Bonchev–Trinajstić information content (AvgIpc) is 2.62. The third kappa shape index (κ3) is 4.07. The number of imide groups is 1. The zero-order valence-electron chi connectivity index (χ0n) is 14.0. The van der Waals surface area contributed by atoms with Crippen LogP contribution in [0.4, 0.5) is 10.6 Å². The number of amides is 3. The molecule has 5 nitrogen and oxygen atoms in total. The molecule has 0 aliphatic heterocycles. The van der Waals surface area contributed by atoms with Crippen LogP contribution in [-0.2, 0) is 0 Å². The van der Waals surface area contributed by atoms with E-state index in [0.29, 0.717) is 5.82 Å². The number of carbonyl (C=O) groups is 2. The third-order valence-corrected chi connectivity index (χ3v) is 4.09. The van der Waals surface area contributed by atoms with Crippen molar-refractivity contribution in [2.45, 2.75) is 6.92 Å². The maximum atomic E-state index is 12.1. The second-order valence-electron chi connectivity index (χ2n) is 5.58. The minimum atomic E-state index is -0.672. The van der Waals surface area contributed by atoms with E-state index >= 15 is 0 Å². The van der Waals surface area contributed by atoms with E-state index in [9.17, 15) is 9.59 Å². The molecular formula is C20H16ClN3O2. The molecule has 0 aliphatic carbocycles. The molecule has 2 aromatic carbocycles. The second kappa shape index (κ2) is 7.80. The fourth-order valence-electron chi connectivity index (χ4n) is 2.52. The van der Waals surface area contributed by atoms with Crippen LogP contribution >= 0.6 is 11.6 Å². The first-order valence-electron chi connectivity index (χ1n) is 7.94. The van der Waals surface area contributed by atoms with Crippen LogP contribution in [0.3, 0.4) is 0 Å². The number of aromatic nitrogens is 1. The highest BCUT2D eigenvalue weighted by atomic mass is 35.5. The molecule has 3 amide bonds. The number of carbonyl (C=O) groups excluding carboxylic acids is 2. The smallest absolute Gasteiger partial charge is 0.292 e. The van der Waals surface area contributed by atoms with E-state index in [1.165, 1.54) is 0 Å². The lowest BCUT2D eigenvalue weighted by Gasteiger charge is -2.10. The van der Waals surface area contributed by atoms with Crippen molar-refractivity contribution in [1.82, 2.24) is 10.3 Å². The number of nitrogens with one attached hydrogen (secondary N) is 2. The summed E-state index contributed by atoms with van der Waals surface area (Å²) in [7, 11) is 0. The fraction of sp³-hybridized carbons (Fsp3) is 0.0500. The van der Waals surface area contributed by atoms with Gasteiger partial charge in [-0.1, -0.05) is 54.1 Å². The molecule has 0 saturated carbocycles. The molecule has 0 saturated heterocycles. The highest BCUT2D eigenvalue weighted by molar-refractivity contribution is 6.34. The molecule has 0 atom stereocenters. The predicted octanol–water partition coefficient (Wildman–Crippen LogP) is 4.67. The minimum Gasteiger partial charge on any atom is -0.292 e. The van der Waals surface area contributed by atoms with Crippen molar-refractivity contribution in [2.24, 2.45) is 0 Å². The summed E-state index contributed by atoms with van der Waals surface area (Å²) in [6, 6.07) is 19.2. The largest absolute Gasteiger partial charge is 0.327 e. The molecule has 0 fully saturated rings. The van der Waals surface area contributed by atoms with E-state index in [1.807, 2.05) is 43.3 Å². The Morgan fingerprint density at radius 1 is 0.923 bits per heavy atom. The van der Waals surface area contributed by atoms with Gasteiger partial charge in [0.15, 0.2) is 0 Å². The zero-order chi connectivity index (χ0) is 18.5. The van der Waals surface area contributed by atoms with Gasteiger partial charge < -0.3 is 0 Å². The van der Waals surface area contributed by atoms with Gasteiger partial charge in [0.1, 0.15) is 5.82 Å². The van der Waals surface area contributed by atoms with Gasteiger partial charge in [-0.15, -0.1) is 0 Å². The quantitative estimate of drug-likeness (QED) is 0.708. The normalized spacial score (nSPS) is 10.2. The van der Waals surface area contributed by atoms with Gasteiger partial charge in [-0.05, 0) is 36.8 Å². The first-order chi connectivity index (χ1) is 12.5. The molecular weight excluding hydrogens is 350 g/mol. The van der Waals surface area contributed by atoms with Crippen molar-refractivity contribution in [3.63, 3.8) is 0 Å². The highest BCUT2D eigenvalue weighted by Gasteiger charge is 2.14. The lowest BCUT2D eigenvalue weighted by molar-refractivity contribution is 0.0967. The molecule has 130 valence electrons. The molecule has 6 heteroatoms. The van der Waals surface area contributed by atoms with Crippen LogP contribution in [-0.4, -0.2) is 16.9 Å². The summed E-state index contributed by atoms with van der Waals surface area (Å²) in [5.74, 6) is -0.225. The lowest BCUT2D eigenvalue weighted by Crippen LogP contribution is -2.34. The van der Waals surface area contributed by atoms with Gasteiger partial charge in [0.2, 0.25) is 0 Å². The van der Waals surface area contributed by atoms with Gasteiger partial charge in [-0.25, -0.2) is 9.78 Å². The number of pyridine rings is 1. The fourth-order valence-corrected chi connectivity index (χ4v) is 2.74. The van der Waals surface area contributed by atoms with E-state index in [2.05, 4.69) is 15.6 Å². The summed E-state index contributed by atoms with van der Waals surface area (Å²) in [5, 5.41) is 5.07. The standard InChI is InChI=1S/C20H16ClN3O2/c1-13-15(14-7-3-2-4-8-14)11-12-18(22-13)23-20(26)24-19(25)16-9-5-6-10-17(16)21/h2-12H,1H3,(H2,22,23,24,25,26). The van der Waals surface area contributed by atoms with Crippen LogP contribution in [0.15, 0.2) is 66.7 Å². The van der Waals surface area contributed by atoms with Crippen LogP contribution in [0.2, 0.25) is 5.02 Å². The van der Waals surface area contributed by atoms with E-state index in [1.54, 1.807) is 30.3 Å². The first kappa shape index (κ1) is 17.6. The number of aryl methyl sites for hydroxylation is 1. The molecule has 0 unspecified atom stereocenters. The Hall–Kier alpha value is -3.18. The van der Waals surface area contributed by atoms with E-state index in [-0.39, 0.29) is 10.6 Å². The van der Waals surface area contributed by atoms with Crippen molar-refractivity contribution in [1.29, 1.82) is 0 Å². The molecule has 1 heterocycles. The van der Waals surface area contributed by atoms with Crippen molar-refractivity contribution >= 4 is 29.4 Å². The lowest BCUT2D eigenvalue weighted by atomic mass is 10.0. The van der Waals surface area contributed by atoms with Gasteiger partial charge in [-0.2, -0.15) is 0 Å². The number of rotatable bonds is 3. The van der Waals surface area contributed by atoms with Gasteiger partial charge in [0, 0.05) is 11.3 Å². The Balaban J connectivity index is 1.69. The molecule has 3 rings (SSSR count).